The number of nitrogens with zero attached hydrogens (tertiary/aromatic N) is 2. The van der Waals surface area contributed by atoms with E-state index in [0.29, 0.717) is 12.1 Å². The van der Waals surface area contributed by atoms with Crippen molar-refractivity contribution < 1.29 is 4.79 Å². The highest BCUT2D eigenvalue weighted by Gasteiger charge is 2.34. The van der Waals surface area contributed by atoms with Gasteiger partial charge in [-0.2, -0.15) is 5.10 Å². The van der Waals surface area contributed by atoms with Crippen LogP contribution in [0, 0.1) is 5.41 Å². The van der Waals surface area contributed by atoms with Crippen LogP contribution in [0.25, 0.3) is 0 Å². The van der Waals surface area contributed by atoms with E-state index in [0.717, 1.165) is 0 Å². The van der Waals surface area contributed by atoms with Crippen molar-refractivity contribution in [2.24, 2.45) is 18.2 Å². The van der Waals surface area contributed by atoms with Crippen LogP contribution in [0.2, 0.25) is 0 Å². The maximum atomic E-state index is 12.0. The number of nitrogens with two attached hydrogens (primary N) is 1. The number of thiocarbonyl (C=S) groups is 1. The zero-order valence-electron chi connectivity index (χ0n) is 9.65. The Bertz CT molecular complexity index is 415. The summed E-state index contributed by atoms with van der Waals surface area (Å²) in [4.78, 5) is 12.2. The minimum absolute atomic E-state index is 0.199. The molecule has 6 heteroatoms. The molecule has 1 unspecified atom stereocenters. The van der Waals surface area contributed by atoms with Crippen LogP contribution in [-0.2, 0) is 11.8 Å². The predicted octanol–water partition coefficient (Wildman–Crippen LogP) is 1.06. The minimum atomic E-state index is -0.814. The predicted molar refractivity (Wildman–Crippen MR) is 67.0 cm³/mol. The Kier molecular flexibility index (Phi) is 3.64. The fraction of sp³-hybridized carbons (Fsp3) is 0.500. The number of aromatic nitrogens is 2. The second-order valence-corrected chi connectivity index (χ2v) is 4.35. The SMILES string of the molecule is CCC(C)(C(=O)Nc1cnn(C)c1)C(N)=S. The summed E-state index contributed by atoms with van der Waals surface area (Å²) >= 11 is 4.92. The van der Waals surface area contributed by atoms with Gasteiger partial charge in [0.05, 0.1) is 22.3 Å². The number of carbonyl (C=O) groups excluding carboxylic acids is 1. The maximum absolute atomic E-state index is 12.0. The summed E-state index contributed by atoms with van der Waals surface area (Å²) in [6.45, 7) is 3.61. The number of aryl methyl sites for hydroxylation is 1. The standard InChI is InChI=1S/C10H16N4OS/c1-4-10(2,8(11)16)9(15)13-7-5-12-14(3)6-7/h5-6H,4H2,1-3H3,(H2,11,16)(H,13,15). The van der Waals surface area contributed by atoms with Gasteiger partial charge in [-0.25, -0.2) is 0 Å². The first-order valence-electron chi connectivity index (χ1n) is 5.00. The van der Waals surface area contributed by atoms with Gasteiger partial charge < -0.3 is 11.1 Å². The third-order valence-electron chi connectivity index (χ3n) is 2.71. The minimum Gasteiger partial charge on any atom is -0.392 e. The van der Waals surface area contributed by atoms with Crippen LogP contribution in [0.1, 0.15) is 20.3 Å². The number of amides is 1. The van der Waals surface area contributed by atoms with Crippen LogP contribution in [-0.4, -0.2) is 20.7 Å². The first-order valence-corrected chi connectivity index (χ1v) is 5.41. The summed E-state index contributed by atoms with van der Waals surface area (Å²) in [6, 6.07) is 0. The summed E-state index contributed by atoms with van der Waals surface area (Å²) in [5.41, 5.74) is 5.42. The zero-order valence-corrected chi connectivity index (χ0v) is 10.5. The molecule has 1 atom stereocenters. The van der Waals surface area contributed by atoms with Crippen LogP contribution in [0.15, 0.2) is 12.4 Å². The molecule has 0 bridgehead atoms. The number of rotatable bonds is 4. The summed E-state index contributed by atoms with van der Waals surface area (Å²) in [5.74, 6) is -0.199. The van der Waals surface area contributed by atoms with Crippen LogP contribution < -0.4 is 11.1 Å². The Hall–Kier alpha value is -1.43. The van der Waals surface area contributed by atoms with E-state index < -0.39 is 5.41 Å². The number of hydrogen-bond donors (Lipinski definition) is 2. The van der Waals surface area contributed by atoms with Gasteiger partial charge in [0.2, 0.25) is 5.91 Å². The van der Waals surface area contributed by atoms with Gasteiger partial charge in [-0.05, 0) is 13.3 Å². The molecule has 1 aromatic heterocycles. The van der Waals surface area contributed by atoms with E-state index in [4.69, 9.17) is 18.0 Å². The lowest BCUT2D eigenvalue weighted by molar-refractivity contribution is -0.121. The Morgan fingerprint density at radius 1 is 1.75 bits per heavy atom. The fourth-order valence-corrected chi connectivity index (χ4v) is 1.44. The Morgan fingerprint density at radius 3 is 2.75 bits per heavy atom. The van der Waals surface area contributed by atoms with Gasteiger partial charge in [-0.15, -0.1) is 0 Å². The lowest BCUT2D eigenvalue weighted by Gasteiger charge is -2.24. The Labute approximate surface area is 100 Å². The molecule has 88 valence electrons. The molecule has 0 spiro atoms. The van der Waals surface area contributed by atoms with Crippen molar-refractivity contribution in [2.45, 2.75) is 20.3 Å². The summed E-state index contributed by atoms with van der Waals surface area (Å²) < 4.78 is 1.61. The first kappa shape index (κ1) is 12.6. The second-order valence-electron chi connectivity index (χ2n) is 3.91. The molecule has 1 heterocycles. The molecule has 0 saturated carbocycles. The molecule has 0 fully saturated rings. The van der Waals surface area contributed by atoms with Crippen molar-refractivity contribution in [1.82, 2.24) is 9.78 Å². The van der Waals surface area contributed by atoms with Crippen LogP contribution in [0.5, 0.6) is 0 Å². The molecule has 1 aromatic rings. The monoisotopic (exact) mass is 240 g/mol. The molecule has 0 aliphatic carbocycles. The molecule has 1 amide bonds. The molecule has 3 N–H and O–H groups in total. The van der Waals surface area contributed by atoms with Gasteiger partial charge in [0.1, 0.15) is 0 Å². The average molecular weight is 240 g/mol. The normalized spacial score (nSPS) is 14.2. The third kappa shape index (κ3) is 2.38. The van der Waals surface area contributed by atoms with Crippen molar-refractivity contribution in [3.05, 3.63) is 12.4 Å². The van der Waals surface area contributed by atoms with Crippen molar-refractivity contribution in [1.29, 1.82) is 0 Å². The van der Waals surface area contributed by atoms with Crippen LogP contribution in [0.3, 0.4) is 0 Å². The molecular weight excluding hydrogens is 224 g/mol. The van der Waals surface area contributed by atoms with Gasteiger partial charge in [-0.1, -0.05) is 19.1 Å². The molecule has 0 saturated heterocycles. The lowest BCUT2D eigenvalue weighted by atomic mass is 9.86. The van der Waals surface area contributed by atoms with Crippen molar-refractivity contribution >= 4 is 28.8 Å². The second kappa shape index (κ2) is 4.61. The van der Waals surface area contributed by atoms with E-state index >= 15 is 0 Å². The van der Waals surface area contributed by atoms with E-state index in [1.165, 1.54) is 0 Å². The summed E-state index contributed by atoms with van der Waals surface area (Å²) in [6.07, 6.45) is 3.86. The molecule has 1 rings (SSSR count). The van der Waals surface area contributed by atoms with E-state index in [1.54, 1.807) is 31.0 Å². The van der Waals surface area contributed by atoms with Gasteiger partial charge in [0.25, 0.3) is 0 Å². The first-order chi connectivity index (χ1) is 7.40. The van der Waals surface area contributed by atoms with E-state index in [-0.39, 0.29) is 10.9 Å². The Morgan fingerprint density at radius 2 is 2.38 bits per heavy atom. The molecule has 0 aliphatic heterocycles. The topological polar surface area (TPSA) is 72.9 Å². The van der Waals surface area contributed by atoms with Crippen molar-refractivity contribution in [2.75, 3.05) is 5.32 Å². The summed E-state index contributed by atoms with van der Waals surface area (Å²) in [7, 11) is 1.78. The van der Waals surface area contributed by atoms with Crippen molar-refractivity contribution in [3.63, 3.8) is 0 Å². The molecule has 16 heavy (non-hydrogen) atoms. The highest BCUT2D eigenvalue weighted by atomic mass is 32.1. The Balaban J connectivity index is 2.82. The van der Waals surface area contributed by atoms with E-state index in [1.807, 2.05) is 6.92 Å². The van der Waals surface area contributed by atoms with E-state index in [2.05, 4.69) is 10.4 Å². The highest BCUT2D eigenvalue weighted by Crippen LogP contribution is 2.23. The number of anilines is 1. The molecule has 0 aliphatic rings. The van der Waals surface area contributed by atoms with E-state index in [9.17, 15) is 4.79 Å². The summed E-state index contributed by atoms with van der Waals surface area (Å²) in [5, 5.41) is 6.71. The number of nitrogens with one attached hydrogen (secondary N) is 1. The maximum Gasteiger partial charge on any atom is 0.237 e. The van der Waals surface area contributed by atoms with Crippen LogP contribution >= 0.6 is 12.2 Å². The molecular formula is C10H16N4OS. The quantitative estimate of drug-likeness (QED) is 0.772. The van der Waals surface area contributed by atoms with Crippen molar-refractivity contribution in [3.8, 4) is 0 Å². The zero-order chi connectivity index (χ0) is 12.3. The van der Waals surface area contributed by atoms with Crippen LogP contribution in [0.4, 0.5) is 5.69 Å². The lowest BCUT2D eigenvalue weighted by Crippen LogP contribution is -2.43. The van der Waals surface area contributed by atoms with Gasteiger partial charge >= 0.3 is 0 Å². The smallest absolute Gasteiger partial charge is 0.237 e. The average Bonchev–Trinajstić information content (AvgIpc) is 2.62. The number of carbonyl (C=O) groups is 1. The highest BCUT2D eigenvalue weighted by molar-refractivity contribution is 7.80. The molecule has 0 radical (unpaired) electrons. The largest absolute Gasteiger partial charge is 0.392 e. The molecule has 0 aromatic carbocycles. The van der Waals surface area contributed by atoms with Gasteiger partial charge in [0.15, 0.2) is 0 Å². The molecule has 5 nitrogen and oxygen atoms in total. The fourth-order valence-electron chi connectivity index (χ4n) is 1.20. The van der Waals surface area contributed by atoms with Gasteiger partial charge in [-0.3, -0.25) is 9.48 Å². The third-order valence-corrected chi connectivity index (χ3v) is 3.17. The number of hydrogen-bond acceptors (Lipinski definition) is 3. The van der Waals surface area contributed by atoms with Gasteiger partial charge in [0, 0.05) is 13.2 Å².